The van der Waals surface area contributed by atoms with E-state index in [1.165, 1.54) is 18.4 Å². The third-order valence-electron chi connectivity index (χ3n) is 4.12. The lowest BCUT2D eigenvalue weighted by atomic mass is 10.1. The second kappa shape index (κ2) is 8.71. The number of carbonyl (C=O) groups excluding carboxylic acids is 2. The van der Waals surface area contributed by atoms with Gasteiger partial charge in [0.1, 0.15) is 0 Å². The predicted molar refractivity (Wildman–Crippen MR) is 105 cm³/mol. The largest absolute Gasteiger partial charge is 0.493 e. The van der Waals surface area contributed by atoms with E-state index in [4.69, 9.17) is 14.2 Å². The number of ether oxygens (including phenoxy) is 3. The molecule has 2 aromatic heterocycles. The summed E-state index contributed by atoms with van der Waals surface area (Å²) in [6, 6.07) is 8.75. The van der Waals surface area contributed by atoms with Crippen LogP contribution < -0.4 is 9.47 Å². The van der Waals surface area contributed by atoms with E-state index in [2.05, 4.69) is 4.98 Å². The van der Waals surface area contributed by atoms with E-state index in [0.29, 0.717) is 17.1 Å². The van der Waals surface area contributed by atoms with Gasteiger partial charge >= 0.3 is 5.97 Å². The number of thiazole rings is 1. The molecule has 1 aromatic carbocycles. The maximum absolute atomic E-state index is 12.5. The number of carbonyl (C=O) groups is 2. The van der Waals surface area contributed by atoms with Crippen molar-refractivity contribution in [3.63, 3.8) is 0 Å². The fourth-order valence-corrected chi connectivity index (χ4v) is 3.56. The molecule has 0 atom stereocenters. The van der Waals surface area contributed by atoms with Crippen molar-refractivity contribution in [1.82, 2.24) is 9.55 Å². The molecule has 0 radical (unpaired) electrons. The molecule has 0 saturated carbocycles. The zero-order valence-corrected chi connectivity index (χ0v) is 16.6. The number of Topliss-reactive ketones (excluding diaryl/α,β-unsaturated/α-hetero) is 1. The van der Waals surface area contributed by atoms with Crippen LogP contribution in [0.4, 0.5) is 0 Å². The lowest BCUT2D eigenvalue weighted by Crippen LogP contribution is -2.20. The third-order valence-corrected chi connectivity index (χ3v) is 4.88. The molecule has 0 fully saturated rings. The zero-order valence-electron chi connectivity index (χ0n) is 15.8. The highest BCUT2D eigenvalue weighted by atomic mass is 32.1. The van der Waals surface area contributed by atoms with Crippen LogP contribution in [0.5, 0.6) is 11.5 Å². The van der Waals surface area contributed by atoms with Crippen molar-refractivity contribution < 1.29 is 23.8 Å². The highest BCUT2D eigenvalue weighted by molar-refractivity contribution is 7.12. The maximum Gasteiger partial charge on any atom is 0.344 e. The van der Waals surface area contributed by atoms with Crippen molar-refractivity contribution in [3.05, 3.63) is 58.9 Å². The van der Waals surface area contributed by atoms with E-state index < -0.39 is 5.97 Å². The zero-order chi connectivity index (χ0) is 20.1. The quantitative estimate of drug-likeness (QED) is 0.426. The Bertz CT molecular complexity index is 979. The summed E-state index contributed by atoms with van der Waals surface area (Å²) in [6.45, 7) is 3.08. The van der Waals surface area contributed by atoms with E-state index >= 15 is 0 Å². The van der Waals surface area contributed by atoms with Crippen LogP contribution in [0.15, 0.2) is 41.9 Å². The molecule has 0 aliphatic carbocycles. The second-order valence-electron chi connectivity index (χ2n) is 5.96. The molecule has 0 saturated heterocycles. The Labute approximate surface area is 166 Å². The van der Waals surface area contributed by atoms with Crippen molar-refractivity contribution in [3.8, 4) is 16.6 Å². The first kappa shape index (κ1) is 19.6. The van der Waals surface area contributed by atoms with Crippen molar-refractivity contribution in [2.24, 2.45) is 0 Å². The number of ketones is 1. The van der Waals surface area contributed by atoms with E-state index in [1.54, 1.807) is 36.5 Å². The first-order chi connectivity index (χ1) is 13.5. The Morgan fingerprint density at radius 1 is 1.14 bits per heavy atom. The number of rotatable bonds is 8. The number of benzene rings is 1. The number of para-hydroxylation sites is 2. The summed E-state index contributed by atoms with van der Waals surface area (Å²) >= 11 is 1.48. The Balaban J connectivity index is 1.58. The normalized spacial score (nSPS) is 10.5. The molecule has 0 aliphatic heterocycles. The number of esters is 1. The highest BCUT2D eigenvalue weighted by Crippen LogP contribution is 2.26. The van der Waals surface area contributed by atoms with Crippen molar-refractivity contribution in [2.45, 2.75) is 13.8 Å². The monoisotopic (exact) mass is 400 g/mol. The Hall–Kier alpha value is -3.13. The summed E-state index contributed by atoms with van der Waals surface area (Å²) in [4.78, 5) is 28.7. The van der Waals surface area contributed by atoms with Crippen LogP contribution in [0.25, 0.3) is 5.13 Å². The third kappa shape index (κ3) is 4.23. The standard InChI is InChI=1S/C20H20N2O5S/c1-13-10-15(14(2)22(13)20-21-8-9-28-20)16(23)11-27-19(24)12-26-18-7-5-4-6-17(18)25-3/h4-10H,11-12H2,1-3H3. The van der Waals surface area contributed by atoms with Crippen LogP contribution in [-0.2, 0) is 9.53 Å². The molecule has 2 heterocycles. The molecule has 3 rings (SSSR count). The van der Waals surface area contributed by atoms with Gasteiger partial charge in [0.15, 0.2) is 29.8 Å². The van der Waals surface area contributed by atoms with Gasteiger partial charge in [-0.15, -0.1) is 11.3 Å². The molecule has 0 unspecified atom stereocenters. The summed E-state index contributed by atoms with van der Waals surface area (Å²) < 4.78 is 17.5. The van der Waals surface area contributed by atoms with Gasteiger partial charge in [-0.3, -0.25) is 9.36 Å². The van der Waals surface area contributed by atoms with Gasteiger partial charge in [-0.25, -0.2) is 9.78 Å². The van der Waals surface area contributed by atoms with Crippen LogP contribution >= 0.6 is 11.3 Å². The van der Waals surface area contributed by atoms with Gasteiger partial charge < -0.3 is 14.2 Å². The van der Waals surface area contributed by atoms with Crippen molar-refractivity contribution >= 4 is 23.1 Å². The molecule has 0 amide bonds. The molecular formula is C20H20N2O5S. The van der Waals surface area contributed by atoms with Crippen molar-refractivity contribution in [1.29, 1.82) is 0 Å². The van der Waals surface area contributed by atoms with Crippen LogP contribution in [0.2, 0.25) is 0 Å². The minimum absolute atomic E-state index is 0.276. The average molecular weight is 400 g/mol. The van der Waals surface area contributed by atoms with E-state index in [0.717, 1.165) is 16.5 Å². The van der Waals surface area contributed by atoms with Crippen LogP contribution in [0.1, 0.15) is 21.7 Å². The number of hydrogen-bond acceptors (Lipinski definition) is 7. The van der Waals surface area contributed by atoms with E-state index in [9.17, 15) is 9.59 Å². The van der Waals surface area contributed by atoms with Crippen LogP contribution in [0.3, 0.4) is 0 Å². The molecule has 0 aliphatic rings. The Morgan fingerprint density at radius 2 is 1.89 bits per heavy atom. The summed E-state index contributed by atoms with van der Waals surface area (Å²) in [5.74, 6) is 0.0378. The number of aromatic nitrogens is 2. The fraction of sp³-hybridized carbons (Fsp3) is 0.250. The molecular weight excluding hydrogens is 380 g/mol. The second-order valence-corrected chi connectivity index (χ2v) is 6.83. The van der Waals surface area contributed by atoms with Gasteiger partial charge in [0.05, 0.1) is 7.11 Å². The molecule has 28 heavy (non-hydrogen) atoms. The minimum atomic E-state index is -0.631. The smallest absolute Gasteiger partial charge is 0.344 e. The van der Waals surface area contributed by atoms with Crippen LogP contribution in [-0.4, -0.2) is 41.6 Å². The maximum atomic E-state index is 12.5. The topological polar surface area (TPSA) is 79.7 Å². The lowest BCUT2D eigenvalue weighted by Gasteiger charge is -2.10. The first-order valence-corrected chi connectivity index (χ1v) is 9.42. The Kier molecular flexibility index (Phi) is 6.10. The van der Waals surface area contributed by atoms with E-state index in [1.807, 2.05) is 23.8 Å². The molecule has 0 N–H and O–H groups in total. The number of hydrogen-bond donors (Lipinski definition) is 0. The molecule has 146 valence electrons. The van der Waals surface area contributed by atoms with Gasteiger partial charge in [0, 0.05) is 28.5 Å². The summed E-state index contributed by atoms with van der Waals surface area (Å²) in [5, 5.41) is 2.66. The summed E-state index contributed by atoms with van der Waals surface area (Å²) in [7, 11) is 1.52. The lowest BCUT2D eigenvalue weighted by molar-refractivity contribution is -0.144. The Morgan fingerprint density at radius 3 is 2.57 bits per heavy atom. The molecule has 3 aromatic rings. The van der Waals surface area contributed by atoms with Gasteiger partial charge in [0.25, 0.3) is 0 Å². The SMILES string of the molecule is COc1ccccc1OCC(=O)OCC(=O)c1cc(C)n(-c2nccs2)c1C. The average Bonchev–Trinajstić information content (AvgIpc) is 3.32. The first-order valence-electron chi connectivity index (χ1n) is 8.54. The highest BCUT2D eigenvalue weighted by Gasteiger charge is 2.19. The minimum Gasteiger partial charge on any atom is -0.493 e. The number of methoxy groups -OCH3 is 1. The molecule has 0 spiro atoms. The molecule has 0 bridgehead atoms. The summed E-state index contributed by atoms with van der Waals surface area (Å²) in [5.41, 5.74) is 2.16. The van der Waals surface area contributed by atoms with Gasteiger partial charge in [-0.2, -0.15) is 0 Å². The number of nitrogens with zero attached hydrogens (tertiary/aromatic N) is 2. The molecule has 7 nitrogen and oxygen atoms in total. The van der Waals surface area contributed by atoms with Gasteiger partial charge in [-0.05, 0) is 32.0 Å². The fourth-order valence-electron chi connectivity index (χ4n) is 2.81. The van der Waals surface area contributed by atoms with Gasteiger partial charge in [-0.1, -0.05) is 12.1 Å². The van der Waals surface area contributed by atoms with Gasteiger partial charge in [0.2, 0.25) is 5.78 Å². The predicted octanol–water partition coefficient (Wildman–Crippen LogP) is 3.36. The van der Waals surface area contributed by atoms with E-state index in [-0.39, 0.29) is 19.0 Å². The molecule has 8 heteroatoms. The summed E-state index contributed by atoms with van der Waals surface area (Å²) in [6.07, 6.45) is 1.71. The van der Waals surface area contributed by atoms with Crippen molar-refractivity contribution in [2.75, 3.05) is 20.3 Å². The number of aryl methyl sites for hydroxylation is 1. The van der Waals surface area contributed by atoms with Crippen LogP contribution in [0, 0.1) is 13.8 Å².